The number of hydrogen-bond acceptors (Lipinski definition) is 5. The van der Waals surface area contributed by atoms with Crippen LogP contribution in [0, 0.1) is 11.3 Å². The maximum absolute atomic E-state index is 12.5. The Morgan fingerprint density at radius 3 is 2.54 bits per heavy atom. The molecule has 2 heterocycles. The van der Waals surface area contributed by atoms with E-state index in [1.54, 1.807) is 41.0 Å². The average Bonchev–Trinajstić information content (AvgIpc) is 3.28. The first-order chi connectivity index (χ1) is 18.0. The van der Waals surface area contributed by atoms with Gasteiger partial charge in [-0.3, -0.25) is 0 Å². The van der Waals surface area contributed by atoms with Crippen LogP contribution in [-0.4, -0.2) is 28.5 Å². The van der Waals surface area contributed by atoms with E-state index < -0.39 is 6.03 Å². The summed E-state index contributed by atoms with van der Waals surface area (Å²) in [5.74, 6) is 0.685. The first-order valence-electron chi connectivity index (χ1n) is 11.3. The zero-order chi connectivity index (χ0) is 25.8. The fourth-order valence-corrected chi connectivity index (χ4v) is 4.06. The molecule has 8 nitrogen and oxygen atoms in total. The summed E-state index contributed by atoms with van der Waals surface area (Å²) in [5, 5.41) is 22.9. The maximum Gasteiger partial charge on any atom is 0.323 e. The fourth-order valence-electron chi connectivity index (χ4n) is 3.82. The molecule has 0 aliphatic heterocycles. The van der Waals surface area contributed by atoms with Crippen molar-refractivity contribution in [2.24, 2.45) is 0 Å². The number of rotatable bonds is 6. The third-order valence-electron chi connectivity index (χ3n) is 5.56. The molecule has 0 aliphatic carbocycles. The first-order valence-corrected chi connectivity index (χ1v) is 11.7. The van der Waals surface area contributed by atoms with Crippen molar-refractivity contribution in [1.29, 1.82) is 5.26 Å². The normalized spacial score (nSPS) is 10.6. The van der Waals surface area contributed by atoms with Crippen LogP contribution in [0.5, 0.6) is 0 Å². The number of amides is 2. The number of nitrogens with zero attached hydrogens (tertiary/aromatic N) is 4. The third kappa shape index (κ3) is 5.40. The predicted molar refractivity (Wildman–Crippen MR) is 146 cm³/mol. The molecule has 178 valence electrons. The molecule has 0 saturated heterocycles. The van der Waals surface area contributed by atoms with Gasteiger partial charge in [0.15, 0.2) is 5.65 Å². The number of halogens is 1. The Morgan fingerprint density at radius 2 is 1.76 bits per heavy atom. The molecule has 37 heavy (non-hydrogen) atoms. The molecule has 5 rings (SSSR count). The van der Waals surface area contributed by atoms with E-state index in [2.05, 4.69) is 32.1 Å². The van der Waals surface area contributed by atoms with Crippen molar-refractivity contribution in [2.75, 3.05) is 16.0 Å². The van der Waals surface area contributed by atoms with E-state index in [0.717, 1.165) is 11.1 Å². The van der Waals surface area contributed by atoms with Gasteiger partial charge in [0.05, 0.1) is 17.3 Å². The standard InChI is InChI=1S/C27H19BClN7O/c28-22-16-32-36-25(13-24(35-26(22)36)21-9-1-2-10-23(21)29)31-15-18-6-4-8-20(12-18)34-27(37)33-19-7-3-5-17(11-19)14-30/h1-13,16,31H,15H2,(H2,33,34,37). The van der Waals surface area contributed by atoms with Gasteiger partial charge in [0.25, 0.3) is 0 Å². The Hall–Kier alpha value is -4.81. The van der Waals surface area contributed by atoms with Crippen molar-refractivity contribution in [3.8, 4) is 17.3 Å². The highest BCUT2D eigenvalue weighted by molar-refractivity contribution is 6.36. The van der Waals surface area contributed by atoms with Gasteiger partial charge in [-0.25, -0.2) is 9.78 Å². The minimum absolute atomic E-state index is 0.410. The van der Waals surface area contributed by atoms with Crippen LogP contribution < -0.4 is 21.4 Å². The Kier molecular flexibility index (Phi) is 6.75. The Labute approximate surface area is 219 Å². The zero-order valence-corrected chi connectivity index (χ0v) is 20.2. The van der Waals surface area contributed by atoms with Gasteiger partial charge in [0.2, 0.25) is 0 Å². The number of nitriles is 1. The van der Waals surface area contributed by atoms with E-state index >= 15 is 0 Å². The molecule has 0 spiro atoms. The fraction of sp³-hybridized carbons (Fsp3) is 0.0370. The van der Waals surface area contributed by atoms with E-state index in [-0.39, 0.29) is 0 Å². The van der Waals surface area contributed by atoms with E-state index in [9.17, 15) is 4.79 Å². The van der Waals surface area contributed by atoms with E-state index in [1.165, 1.54) is 0 Å². The van der Waals surface area contributed by atoms with Gasteiger partial charge in [-0.2, -0.15) is 14.9 Å². The summed E-state index contributed by atoms with van der Waals surface area (Å²) >= 11 is 6.41. The number of carbonyl (C=O) groups excluding carboxylic acids is 1. The molecule has 0 unspecified atom stereocenters. The second-order valence-electron chi connectivity index (χ2n) is 8.17. The molecule has 0 fully saturated rings. The van der Waals surface area contributed by atoms with Gasteiger partial charge in [-0.1, -0.05) is 48.0 Å². The molecule has 0 bridgehead atoms. The summed E-state index contributed by atoms with van der Waals surface area (Å²) in [6.45, 7) is 0.447. The Balaban J connectivity index is 1.33. The van der Waals surface area contributed by atoms with Gasteiger partial charge in [-0.15, -0.1) is 0 Å². The predicted octanol–water partition coefficient (Wildman–Crippen LogP) is 4.97. The lowest BCUT2D eigenvalue weighted by molar-refractivity contribution is 0.262. The van der Waals surface area contributed by atoms with Crippen molar-refractivity contribution in [1.82, 2.24) is 14.6 Å². The number of anilines is 3. The lowest BCUT2D eigenvalue weighted by Gasteiger charge is -2.13. The summed E-state index contributed by atoms with van der Waals surface area (Å²) in [5.41, 5.74) is 4.97. The van der Waals surface area contributed by atoms with Crippen LogP contribution >= 0.6 is 11.6 Å². The van der Waals surface area contributed by atoms with Crippen LogP contribution in [-0.2, 0) is 6.54 Å². The van der Waals surface area contributed by atoms with Crippen molar-refractivity contribution in [3.63, 3.8) is 0 Å². The number of aromatic nitrogens is 3. The largest absolute Gasteiger partial charge is 0.366 e. The van der Waals surface area contributed by atoms with Crippen LogP contribution in [0.4, 0.5) is 22.0 Å². The molecule has 0 atom stereocenters. The van der Waals surface area contributed by atoms with Gasteiger partial charge in [0, 0.05) is 40.8 Å². The second kappa shape index (κ2) is 10.4. The molecule has 3 N–H and O–H groups in total. The van der Waals surface area contributed by atoms with Crippen molar-refractivity contribution < 1.29 is 4.79 Å². The molecule has 10 heteroatoms. The molecule has 3 aromatic carbocycles. The highest BCUT2D eigenvalue weighted by Gasteiger charge is 2.13. The molecule has 2 aromatic heterocycles. The average molecular weight is 504 g/mol. The highest BCUT2D eigenvalue weighted by atomic mass is 35.5. The quantitative estimate of drug-likeness (QED) is 0.284. The minimum Gasteiger partial charge on any atom is -0.366 e. The second-order valence-corrected chi connectivity index (χ2v) is 8.57. The van der Waals surface area contributed by atoms with Gasteiger partial charge in [0.1, 0.15) is 13.7 Å². The van der Waals surface area contributed by atoms with Gasteiger partial charge in [-0.05, 0) is 47.4 Å². The summed E-state index contributed by atoms with van der Waals surface area (Å²) in [4.78, 5) is 17.1. The zero-order valence-electron chi connectivity index (χ0n) is 19.4. The number of nitrogens with one attached hydrogen (secondary N) is 3. The Morgan fingerprint density at radius 1 is 1.00 bits per heavy atom. The summed E-state index contributed by atoms with van der Waals surface area (Å²) in [6.07, 6.45) is 1.55. The minimum atomic E-state index is -0.410. The van der Waals surface area contributed by atoms with Crippen molar-refractivity contribution in [3.05, 3.63) is 101 Å². The molecule has 2 amide bonds. The molecule has 0 saturated carbocycles. The van der Waals surface area contributed by atoms with Crippen LogP contribution in [0.2, 0.25) is 5.02 Å². The maximum atomic E-state index is 12.5. The highest BCUT2D eigenvalue weighted by Crippen LogP contribution is 2.28. The topological polar surface area (TPSA) is 107 Å². The summed E-state index contributed by atoms with van der Waals surface area (Å²) in [6, 6.07) is 25.1. The lowest BCUT2D eigenvalue weighted by Crippen LogP contribution is -2.19. The smallest absolute Gasteiger partial charge is 0.323 e. The summed E-state index contributed by atoms with van der Waals surface area (Å²) in [7, 11) is 6.11. The van der Waals surface area contributed by atoms with Gasteiger partial charge < -0.3 is 16.0 Å². The molecule has 5 aromatic rings. The lowest BCUT2D eigenvalue weighted by atomic mass is 10.0. The van der Waals surface area contributed by atoms with E-state index in [4.69, 9.17) is 24.7 Å². The van der Waals surface area contributed by atoms with Crippen LogP contribution in [0.1, 0.15) is 11.1 Å². The molecule has 2 radical (unpaired) electrons. The number of benzene rings is 3. The molecular formula is C27H19BClN7O. The number of urea groups is 1. The Bertz CT molecular complexity index is 1660. The number of fused-ring (bicyclic) bond motifs is 1. The summed E-state index contributed by atoms with van der Waals surface area (Å²) < 4.78 is 1.64. The molecule has 0 aliphatic rings. The number of hydrogen-bond donors (Lipinski definition) is 3. The van der Waals surface area contributed by atoms with E-state index in [0.29, 0.717) is 51.1 Å². The van der Waals surface area contributed by atoms with Crippen LogP contribution in [0.15, 0.2) is 85.1 Å². The van der Waals surface area contributed by atoms with Crippen molar-refractivity contribution in [2.45, 2.75) is 6.54 Å². The molecular weight excluding hydrogens is 485 g/mol. The van der Waals surface area contributed by atoms with Crippen LogP contribution in [0.25, 0.3) is 16.9 Å². The first kappa shape index (κ1) is 23.9. The third-order valence-corrected chi connectivity index (χ3v) is 5.89. The van der Waals surface area contributed by atoms with Crippen molar-refractivity contribution >= 4 is 53.8 Å². The van der Waals surface area contributed by atoms with Crippen LogP contribution in [0.3, 0.4) is 0 Å². The van der Waals surface area contributed by atoms with E-state index in [1.807, 2.05) is 48.5 Å². The van der Waals surface area contributed by atoms with Gasteiger partial charge >= 0.3 is 6.03 Å². The SMILES string of the molecule is [B]c1cnn2c(NCc3cccc(NC(=O)Nc4cccc(C#N)c4)c3)cc(-c3ccccc3Cl)nc12. The number of carbonyl (C=O) groups is 1. The monoisotopic (exact) mass is 503 g/mol.